The van der Waals surface area contributed by atoms with Gasteiger partial charge in [-0.15, -0.1) is 0 Å². The highest BCUT2D eigenvalue weighted by molar-refractivity contribution is 5.15. The third kappa shape index (κ3) is 12.8. The number of aliphatic hydroxyl groups is 1. The molecule has 1 aliphatic heterocycles. The first kappa shape index (κ1) is 19.9. The van der Waals surface area contributed by atoms with E-state index in [-0.39, 0.29) is 11.8 Å². The normalized spacial score (nSPS) is 15.9. The molecule has 0 aliphatic carbocycles. The Morgan fingerprint density at radius 1 is 1.42 bits per heavy atom. The number of hydrogen-bond acceptors (Lipinski definition) is 4. The van der Waals surface area contributed by atoms with Gasteiger partial charge >= 0.3 is 0 Å². The maximum Gasteiger partial charge on any atom is 0.269 e. The third-order valence-corrected chi connectivity index (χ3v) is 2.15. The van der Waals surface area contributed by atoms with Gasteiger partial charge in [-0.3, -0.25) is 10.1 Å². The molecule has 0 aromatic rings. The largest absolute Gasteiger partial charge is 0.393 e. The van der Waals surface area contributed by atoms with E-state index in [0.717, 1.165) is 25.9 Å². The van der Waals surface area contributed by atoms with Gasteiger partial charge in [-0.25, -0.2) is 0 Å². The molecule has 1 aliphatic rings. The van der Waals surface area contributed by atoms with Crippen LogP contribution in [0.25, 0.3) is 0 Å². The first-order chi connectivity index (χ1) is 9.11. The summed E-state index contributed by atoms with van der Waals surface area (Å²) in [5.41, 5.74) is 0.0532. The maximum absolute atomic E-state index is 10.1. The van der Waals surface area contributed by atoms with Gasteiger partial charge in [0.1, 0.15) is 0 Å². The van der Waals surface area contributed by atoms with Crippen LogP contribution in [0.5, 0.6) is 0 Å². The fourth-order valence-corrected chi connectivity index (χ4v) is 1.28. The summed E-state index contributed by atoms with van der Waals surface area (Å²) in [6.45, 7) is 11.0. The molecule has 5 nitrogen and oxygen atoms in total. The molecular weight excluding hydrogens is 244 g/mol. The molecule has 0 radical (unpaired) electrons. The van der Waals surface area contributed by atoms with Gasteiger partial charge in [-0.2, -0.15) is 0 Å². The molecule has 5 heteroatoms. The van der Waals surface area contributed by atoms with Crippen molar-refractivity contribution in [1.82, 2.24) is 5.32 Å². The number of piperidine rings is 1. The van der Waals surface area contributed by atoms with Gasteiger partial charge in [0, 0.05) is 12.2 Å². The molecule has 0 spiro atoms. The minimum absolute atomic E-state index is 0.0266. The van der Waals surface area contributed by atoms with E-state index in [9.17, 15) is 10.1 Å². The van der Waals surface area contributed by atoms with Crippen molar-refractivity contribution >= 4 is 0 Å². The minimum atomic E-state index is -0.457. The predicted molar refractivity (Wildman–Crippen MR) is 79.5 cm³/mol. The van der Waals surface area contributed by atoms with E-state index in [1.54, 1.807) is 13.0 Å². The molecule has 0 amide bonds. The topological polar surface area (TPSA) is 75.4 Å². The van der Waals surface area contributed by atoms with Gasteiger partial charge in [0.15, 0.2) is 0 Å². The van der Waals surface area contributed by atoms with Crippen molar-refractivity contribution in [1.29, 1.82) is 0 Å². The second-order valence-electron chi connectivity index (χ2n) is 3.57. The zero-order chi connectivity index (χ0) is 15.1. The van der Waals surface area contributed by atoms with E-state index in [1.807, 2.05) is 13.8 Å². The molecule has 1 fully saturated rings. The van der Waals surface area contributed by atoms with Gasteiger partial charge < -0.3 is 10.4 Å². The Labute approximate surface area is 115 Å². The second kappa shape index (κ2) is 14.6. The minimum Gasteiger partial charge on any atom is -0.393 e. The van der Waals surface area contributed by atoms with Crippen molar-refractivity contribution in [2.45, 2.75) is 39.7 Å². The summed E-state index contributed by atoms with van der Waals surface area (Å²) < 4.78 is 0. The van der Waals surface area contributed by atoms with Gasteiger partial charge in [-0.05, 0) is 32.9 Å². The van der Waals surface area contributed by atoms with Crippen LogP contribution in [0.4, 0.5) is 0 Å². The molecule has 110 valence electrons. The van der Waals surface area contributed by atoms with E-state index in [4.69, 9.17) is 5.11 Å². The van der Waals surface area contributed by atoms with Crippen LogP contribution in [-0.2, 0) is 0 Å². The number of rotatable bonds is 3. The predicted octanol–water partition coefficient (Wildman–Crippen LogP) is 2.67. The molecule has 0 aromatic carbocycles. The number of nitrogens with zero attached hydrogens (tertiary/aromatic N) is 1. The summed E-state index contributed by atoms with van der Waals surface area (Å²) >= 11 is 0. The lowest BCUT2D eigenvalue weighted by molar-refractivity contribution is -0.419. The van der Waals surface area contributed by atoms with Crippen molar-refractivity contribution < 1.29 is 10.0 Å². The first-order valence-corrected chi connectivity index (χ1v) is 6.60. The van der Waals surface area contributed by atoms with Crippen LogP contribution in [0.1, 0.15) is 33.6 Å². The van der Waals surface area contributed by atoms with Gasteiger partial charge in [0.05, 0.1) is 11.0 Å². The Morgan fingerprint density at radius 3 is 2.21 bits per heavy atom. The van der Waals surface area contributed by atoms with E-state index in [0.29, 0.717) is 0 Å². The summed E-state index contributed by atoms with van der Waals surface area (Å²) in [5.74, 6) is 0. The highest BCUT2D eigenvalue weighted by Crippen LogP contribution is 1.99. The van der Waals surface area contributed by atoms with Gasteiger partial charge in [0.25, 0.3) is 5.70 Å². The lowest BCUT2D eigenvalue weighted by Crippen LogP contribution is -2.30. The van der Waals surface area contributed by atoms with Crippen LogP contribution in [0.3, 0.4) is 0 Å². The molecule has 0 unspecified atom stereocenters. The van der Waals surface area contributed by atoms with Crippen LogP contribution in [0.15, 0.2) is 36.6 Å². The lowest BCUT2D eigenvalue weighted by atomic mass is 10.1. The summed E-state index contributed by atoms with van der Waals surface area (Å²) in [5, 5.41) is 22.1. The van der Waals surface area contributed by atoms with Crippen molar-refractivity contribution in [3.05, 3.63) is 46.7 Å². The summed E-state index contributed by atoms with van der Waals surface area (Å²) in [7, 11) is 0. The first-order valence-electron chi connectivity index (χ1n) is 6.60. The summed E-state index contributed by atoms with van der Waals surface area (Å²) in [6, 6.07) is 0. The zero-order valence-electron chi connectivity index (χ0n) is 12.1. The highest BCUT2D eigenvalue weighted by Gasteiger charge is 2.06. The summed E-state index contributed by atoms with van der Waals surface area (Å²) in [4.78, 5) is 9.66. The van der Waals surface area contributed by atoms with E-state index < -0.39 is 4.92 Å². The molecule has 1 saturated heterocycles. The molecule has 2 N–H and O–H groups in total. The average molecular weight is 270 g/mol. The number of aliphatic hydroxyl groups excluding tert-OH is 1. The van der Waals surface area contributed by atoms with Crippen molar-refractivity contribution in [3.63, 3.8) is 0 Å². The number of nitro groups is 1. The molecule has 0 aromatic heterocycles. The van der Waals surface area contributed by atoms with Crippen molar-refractivity contribution in [2.75, 3.05) is 13.1 Å². The molecular formula is C14H26N2O3. The highest BCUT2D eigenvalue weighted by atomic mass is 16.6. The monoisotopic (exact) mass is 270 g/mol. The molecule has 0 bridgehead atoms. The fourth-order valence-electron chi connectivity index (χ4n) is 1.28. The quantitative estimate of drug-likeness (QED) is 0.469. The summed E-state index contributed by atoms with van der Waals surface area (Å²) in [6.07, 6.45) is 7.60. The average Bonchev–Trinajstić information content (AvgIpc) is 2.42. The van der Waals surface area contributed by atoms with Crippen LogP contribution < -0.4 is 5.32 Å². The molecule has 0 atom stereocenters. The molecule has 1 heterocycles. The van der Waals surface area contributed by atoms with Crippen LogP contribution >= 0.6 is 0 Å². The number of allylic oxidation sites excluding steroid dienone is 4. The third-order valence-electron chi connectivity index (χ3n) is 2.15. The maximum atomic E-state index is 10.1. The van der Waals surface area contributed by atoms with Crippen LogP contribution in [-0.4, -0.2) is 29.2 Å². The Balaban J connectivity index is 0. The van der Waals surface area contributed by atoms with Crippen molar-refractivity contribution in [2.24, 2.45) is 0 Å². The van der Waals surface area contributed by atoms with Gasteiger partial charge in [-0.1, -0.05) is 32.6 Å². The number of nitrogens with one attached hydrogen (secondary N) is 1. The van der Waals surface area contributed by atoms with E-state index in [2.05, 4.69) is 11.9 Å². The van der Waals surface area contributed by atoms with Crippen LogP contribution in [0.2, 0.25) is 0 Å². The van der Waals surface area contributed by atoms with E-state index in [1.165, 1.54) is 18.2 Å². The Kier molecular flexibility index (Phi) is 15.3. The van der Waals surface area contributed by atoms with Crippen molar-refractivity contribution in [3.8, 4) is 0 Å². The Bertz CT molecular complexity index is 293. The fraction of sp³-hybridized carbons (Fsp3) is 0.571. The Hall–Kier alpha value is -1.46. The van der Waals surface area contributed by atoms with E-state index >= 15 is 0 Å². The number of hydrogen-bond donors (Lipinski definition) is 2. The molecule has 0 saturated carbocycles. The van der Waals surface area contributed by atoms with Gasteiger partial charge in [0.2, 0.25) is 0 Å². The lowest BCUT2D eigenvalue weighted by Gasteiger charge is -2.16. The molecule has 19 heavy (non-hydrogen) atoms. The SMILES string of the molecule is C=C/C=C(\C=C/C)[N+](=O)[O-].CC.OC1CCNCC1. The standard InChI is InChI=1S/C7H9NO2.C5H11NO.C2H6/c1-3-5-7(6-4-2)8(9)10;7-5-1-3-6-4-2-5;1-2/h3-6H,1H2,2H3;5-7H,1-4H2;1-2H3/b6-4-,7-5+;;. The smallest absolute Gasteiger partial charge is 0.269 e. The molecule has 1 rings (SSSR count). The van der Waals surface area contributed by atoms with Crippen LogP contribution in [0, 0.1) is 10.1 Å². The zero-order valence-corrected chi connectivity index (χ0v) is 12.1. The Morgan fingerprint density at radius 2 is 1.95 bits per heavy atom. The second-order valence-corrected chi connectivity index (χ2v) is 3.57.